The minimum absolute atomic E-state index is 0.0304. The lowest BCUT2D eigenvalue weighted by Crippen LogP contribution is -2.29. The first-order chi connectivity index (χ1) is 10.5. The molecule has 0 fully saturated rings. The molecule has 3 nitrogen and oxygen atoms in total. The molecule has 0 aliphatic carbocycles. The Morgan fingerprint density at radius 3 is 2.55 bits per heavy atom. The van der Waals surface area contributed by atoms with E-state index in [1.165, 1.54) is 24.3 Å². The van der Waals surface area contributed by atoms with Gasteiger partial charge in [0.25, 0.3) is 0 Å². The van der Waals surface area contributed by atoms with Crippen LogP contribution in [0.3, 0.4) is 0 Å². The molecule has 22 heavy (non-hydrogen) atoms. The lowest BCUT2D eigenvalue weighted by Gasteiger charge is -2.12. The van der Waals surface area contributed by atoms with Gasteiger partial charge in [-0.25, -0.2) is 4.39 Å². The van der Waals surface area contributed by atoms with E-state index in [1.54, 1.807) is 18.2 Å². The van der Waals surface area contributed by atoms with E-state index < -0.39 is 6.10 Å². The summed E-state index contributed by atoms with van der Waals surface area (Å²) in [6, 6.07) is 10.3. The van der Waals surface area contributed by atoms with Crippen LogP contribution in [0.1, 0.15) is 17.2 Å². The first kappa shape index (κ1) is 16.7. The van der Waals surface area contributed by atoms with Crippen LogP contribution < -0.4 is 5.32 Å². The van der Waals surface area contributed by atoms with Crippen LogP contribution in [-0.2, 0) is 11.2 Å². The molecular formula is C16H14Cl2FNO2. The fourth-order valence-corrected chi connectivity index (χ4v) is 2.31. The van der Waals surface area contributed by atoms with E-state index in [1.807, 2.05) is 0 Å². The molecule has 0 radical (unpaired) electrons. The van der Waals surface area contributed by atoms with Crippen molar-refractivity contribution in [1.82, 2.24) is 5.32 Å². The van der Waals surface area contributed by atoms with Gasteiger partial charge in [-0.1, -0.05) is 35.3 Å². The SMILES string of the molecule is O=C(Cc1cc(Cl)ccc1Cl)NCC(O)c1ccc(F)cc1. The van der Waals surface area contributed by atoms with Crippen LogP contribution in [0.15, 0.2) is 42.5 Å². The number of amides is 1. The Hall–Kier alpha value is -1.62. The standard InChI is InChI=1S/C16H14Cl2FNO2/c17-12-3-6-14(18)11(7-12)8-16(22)20-9-15(21)10-1-4-13(19)5-2-10/h1-7,15,21H,8-9H2,(H,20,22). The van der Waals surface area contributed by atoms with E-state index in [9.17, 15) is 14.3 Å². The molecule has 0 aliphatic rings. The largest absolute Gasteiger partial charge is 0.387 e. The predicted molar refractivity (Wildman–Crippen MR) is 84.5 cm³/mol. The topological polar surface area (TPSA) is 49.3 Å². The van der Waals surface area contributed by atoms with Gasteiger partial charge in [-0.15, -0.1) is 0 Å². The van der Waals surface area contributed by atoms with Crippen molar-refractivity contribution in [2.45, 2.75) is 12.5 Å². The summed E-state index contributed by atoms with van der Waals surface area (Å²) < 4.78 is 12.8. The van der Waals surface area contributed by atoms with Crippen molar-refractivity contribution < 1.29 is 14.3 Å². The van der Waals surface area contributed by atoms with Gasteiger partial charge in [0.1, 0.15) is 5.82 Å². The molecule has 0 saturated carbocycles. The number of carbonyl (C=O) groups excluding carboxylic acids is 1. The van der Waals surface area contributed by atoms with Crippen LogP contribution >= 0.6 is 23.2 Å². The maximum absolute atomic E-state index is 12.8. The second-order valence-electron chi connectivity index (χ2n) is 4.78. The van der Waals surface area contributed by atoms with E-state index in [0.29, 0.717) is 21.2 Å². The van der Waals surface area contributed by atoms with Crippen molar-refractivity contribution in [3.05, 3.63) is 69.5 Å². The number of aliphatic hydroxyl groups is 1. The van der Waals surface area contributed by atoms with Crippen molar-refractivity contribution in [2.75, 3.05) is 6.54 Å². The Kier molecular flexibility index (Phi) is 5.77. The number of carbonyl (C=O) groups is 1. The number of benzene rings is 2. The highest BCUT2D eigenvalue weighted by atomic mass is 35.5. The van der Waals surface area contributed by atoms with E-state index in [4.69, 9.17) is 23.2 Å². The van der Waals surface area contributed by atoms with Crippen LogP contribution in [0.2, 0.25) is 10.0 Å². The number of aliphatic hydroxyl groups excluding tert-OH is 1. The summed E-state index contributed by atoms with van der Waals surface area (Å²) in [5, 5.41) is 13.5. The first-order valence-electron chi connectivity index (χ1n) is 6.60. The number of halogens is 3. The second-order valence-corrected chi connectivity index (χ2v) is 5.63. The molecule has 6 heteroatoms. The third-order valence-corrected chi connectivity index (χ3v) is 3.71. The van der Waals surface area contributed by atoms with Gasteiger partial charge in [-0.3, -0.25) is 4.79 Å². The fraction of sp³-hybridized carbons (Fsp3) is 0.188. The Morgan fingerprint density at radius 2 is 1.86 bits per heavy atom. The molecule has 1 amide bonds. The number of rotatable bonds is 5. The molecule has 116 valence electrons. The van der Waals surface area contributed by atoms with E-state index in [0.717, 1.165) is 0 Å². The molecule has 2 aromatic carbocycles. The van der Waals surface area contributed by atoms with Crippen LogP contribution in [0.5, 0.6) is 0 Å². The molecule has 0 heterocycles. The van der Waals surface area contributed by atoms with Gasteiger partial charge in [0.05, 0.1) is 12.5 Å². The minimum Gasteiger partial charge on any atom is -0.387 e. The fourth-order valence-electron chi connectivity index (χ4n) is 1.93. The summed E-state index contributed by atoms with van der Waals surface area (Å²) in [4.78, 5) is 11.9. The third kappa shape index (κ3) is 4.70. The van der Waals surface area contributed by atoms with Gasteiger partial charge in [-0.2, -0.15) is 0 Å². The molecule has 1 atom stereocenters. The maximum Gasteiger partial charge on any atom is 0.224 e. The van der Waals surface area contributed by atoms with Gasteiger partial charge in [0.15, 0.2) is 0 Å². The zero-order valence-corrected chi connectivity index (χ0v) is 13.0. The van der Waals surface area contributed by atoms with Gasteiger partial charge < -0.3 is 10.4 Å². The summed E-state index contributed by atoms with van der Waals surface area (Å²) >= 11 is 11.8. The molecular weight excluding hydrogens is 328 g/mol. The smallest absolute Gasteiger partial charge is 0.224 e. The Labute approximate surface area is 137 Å². The molecule has 1 unspecified atom stereocenters. The Balaban J connectivity index is 1.89. The summed E-state index contributed by atoms with van der Waals surface area (Å²) in [5.41, 5.74) is 1.14. The summed E-state index contributed by atoms with van der Waals surface area (Å²) in [6.07, 6.45) is -0.838. The van der Waals surface area contributed by atoms with Crippen molar-refractivity contribution in [3.8, 4) is 0 Å². The highest BCUT2D eigenvalue weighted by Crippen LogP contribution is 2.21. The molecule has 0 spiro atoms. The molecule has 0 bridgehead atoms. The van der Waals surface area contributed by atoms with Crippen LogP contribution in [0, 0.1) is 5.82 Å². The lowest BCUT2D eigenvalue weighted by atomic mass is 10.1. The molecule has 0 aliphatic heterocycles. The summed E-state index contributed by atoms with van der Waals surface area (Å²) in [7, 11) is 0. The normalized spacial score (nSPS) is 12.0. The van der Waals surface area contributed by atoms with Crippen molar-refractivity contribution in [1.29, 1.82) is 0 Å². The summed E-state index contributed by atoms with van der Waals surface area (Å²) in [5.74, 6) is -0.666. The van der Waals surface area contributed by atoms with Crippen LogP contribution in [0.4, 0.5) is 4.39 Å². The van der Waals surface area contributed by atoms with Crippen molar-refractivity contribution in [3.63, 3.8) is 0 Å². The lowest BCUT2D eigenvalue weighted by molar-refractivity contribution is -0.120. The Morgan fingerprint density at radius 1 is 1.18 bits per heavy atom. The van der Waals surface area contributed by atoms with Gasteiger partial charge in [-0.05, 0) is 41.5 Å². The van der Waals surface area contributed by atoms with Gasteiger partial charge in [0.2, 0.25) is 5.91 Å². The van der Waals surface area contributed by atoms with Gasteiger partial charge in [0, 0.05) is 16.6 Å². The van der Waals surface area contributed by atoms with Crippen molar-refractivity contribution >= 4 is 29.1 Å². The number of hydrogen-bond donors (Lipinski definition) is 2. The average molecular weight is 342 g/mol. The quantitative estimate of drug-likeness (QED) is 0.873. The molecule has 2 N–H and O–H groups in total. The molecule has 2 aromatic rings. The molecule has 2 rings (SSSR count). The van der Waals surface area contributed by atoms with Crippen molar-refractivity contribution in [2.24, 2.45) is 0 Å². The predicted octanol–water partition coefficient (Wildman–Crippen LogP) is 3.52. The van der Waals surface area contributed by atoms with E-state index >= 15 is 0 Å². The van der Waals surface area contributed by atoms with E-state index in [2.05, 4.69) is 5.32 Å². The van der Waals surface area contributed by atoms with E-state index in [-0.39, 0.29) is 24.7 Å². The second kappa shape index (κ2) is 7.58. The Bertz CT molecular complexity index is 662. The van der Waals surface area contributed by atoms with Gasteiger partial charge >= 0.3 is 0 Å². The van der Waals surface area contributed by atoms with Crippen LogP contribution in [-0.4, -0.2) is 17.6 Å². The highest BCUT2D eigenvalue weighted by molar-refractivity contribution is 6.33. The monoisotopic (exact) mass is 341 g/mol. The highest BCUT2D eigenvalue weighted by Gasteiger charge is 2.11. The maximum atomic E-state index is 12.8. The molecule has 0 aromatic heterocycles. The molecule has 0 saturated heterocycles. The first-order valence-corrected chi connectivity index (χ1v) is 7.35. The third-order valence-electron chi connectivity index (χ3n) is 3.11. The van der Waals surface area contributed by atoms with Crippen LogP contribution in [0.25, 0.3) is 0 Å². The zero-order valence-electron chi connectivity index (χ0n) is 11.5. The average Bonchev–Trinajstić information content (AvgIpc) is 2.49. The number of hydrogen-bond acceptors (Lipinski definition) is 2. The minimum atomic E-state index is -0.903. The number of nitrogens with one attached hydrogen (secondary N) is 1. The summed E-state index contributed by atoms with van der Waals surface area (Å²) in [6.45, 7) is 0.0304. The zero-order chi connectivity index (χ0) is 16.1.